The van der Waals surface area contributed by atoms with Crippen LogP contribution in [0.3, 0.4) is 0 Å². The highest BCUT2D eigenvalue weighted by atomic mass is 32.2. The number of amides is 2. The molecule has 0 saturated carbocycles. The number of β-lactam (4-membered cyclic amide) rings is 1. The molecule has 1 aromatic rings. The molecule has 1 unspecified atom stereocenters. The third kappa shape index (κ3) is 4.34. The number of aliphatic carboxylic acids is 1. The van der Waals surface area contributed by atoms with Crippen LogP contribution in [-0.2, 0) is 19.2 Å². The van der Waals surface area contributed by atoms with Gasteiger partial charge in [-0.25, -0.2) is 4.79 Å². The number of aromatic nitrogens is 2. The highest BCUT2D eigenvalue weighted by Gasteiger charge is 2.55. The van der Waals surface area contributed by atoms with Crippen molar-refractivity contribution >= 4 is 51.9 Å². The van der Waals surface area contributed by atoms with Crippen molar-refractivity contribution in [3.63, 3.8) is 0 Å². The molecule has 0 spiro atoms. The first-order valence-corrected chi connectivity index (χ1v) is 12.0. The summed E-state index contributed by atoms with van der Waals surface area (Å²) in [4.78, 5) is 47.6. The van der Waals surface area contributed by atoms with Crippen molar-refractivity contribution in [3.05, 3.63) is 17.1 Å². The topological polar surface area (TPSA) is 201 Å². The van der Waals surface area contributed by atoms with Crippen LogP contribution in [0.5, 0.6) is 0 Å². The van der Waals surface area contributed by atoms with Crippen LogP contribution in [0.1, 0.15) is 5.82 Å². The van der Waals surface area contributed by atoms with Crippen molar-refractivity contribution in [2.45, 2.75) is 23.6 Å². The number of quaternary nitrogens is 1. The third-order valence-corrected chi connectivity index (χ3v) is 7.74. The minimum absolute atomic E-state index is 0.0536. The molecule has 2 fully saturated rings. The largest absolute Gasteiger partial charge is 0.477 e. The Bertz CT molecular complexity index is 1080. The van der Waals surface area contributed by atoms with Crippen LogP contribution in [0.25, 0.3) is 0 Å². The molecule has 0 aliphatic carbocycles. The van der Waals surface area contributed by atoms with Gasteiger partial charge in [0.2, 0.25) is 11.5 Å². The van der Waals surface area contributed by atoms with E-state index in [1.54, 1.807) is 0 Å². The summed E-state index contributed by atoms with van der Waals surface area (Å²) < 4.78 is 4.18. The van der Waals surface area contributed by atoms with Crippen LogP contribution in [-0.4, -0.2) is 121 Å². The number of nitrogen functional groups attached to an aromatic ring is 1. The molecule has 34 heavy (non-hydrogen) atoms. The van der Waals surface area contributed by atoms with Gasteiger partial charge in [-0.05, 0) is 0 Å². The third-order valence-electron chi connectivity index (χ3n) is 5.86. The van der Waals surface area contributed by atoms with Crippen LogP contribution in [0.2, 0.25) is 0 Å². The quantitative estimate of drug-likeness (QED) is 0.110. The summed E-state index contributed by atoms with van der Waals surface area (Å²) in [5.74, 6) is -2.34. The number of likely N-dealkylation sites (N-methyl/N-ethyl adjacent to an activating group) is 1. The molecule has 2 saturated heterocycles. The summed E-state index contributed by atoms with van der Waals surface area (Å²) in [5, 5.41) is 35.4. The van der Waals surface area contributed by atoms with Gasteiger partial charge in [0.25, 0.3) is 11.8 Å². The van der Waals surface area contributed by atoms with Gasteiger partial charge in [-0.3, -0.25) is 14.5 Å². The van der Waals surface area contributed by atoms with E-state index in [4.69, 9.17) is 10.6 Å². The number of carboxylic acid groups (broad SMARTS) is 1. The maximum atomic E-state index is 12.9. The lowest BCUT2D eigenvalue weighted by molar-refractivity contribution is -0.895. The molecule has 4 rings (SSSR count). The van der Waals surface area contributed by atoms with Gasteiger partial charge in [0.05, 0.1) is 7.05 Å². The number of nitrogens with one attached hydrogen (secondary N) is 1. The summed E-state index contributed by atoms with van der Waals surface area (Å²) in [6, 6.07) is -0.980. The molecule has 4 heterocycles. The standard InChI is InChI=1S/C18H23N7O7S2/c1-25(4-8(26)9(27)5-25)3-7-6-33-16-11(15(29)24(16)12(7)17(30)31)20-14(28)10(22-32-2)13-21-18(19)34-23-13/h8-9,11,16,26-27H,3-6H2,1-2H3,(H3-,19,20,21,23,28,30,31)/p+1/t8-,9-,11?,16-/m0/s1. The molecule has 3 aliphatic rings. The summed E-state index contributed by atoms with van der Waals surface area (Å²) >= 11 is 2.19. The van der Waals surface area contributed by atoms with Crippen LogP contribution in [0.4, 0.5) is 5.13 Å². The molecule has 2 amide bonds. The average molecular weight is 515 g/mol. The number of likely N-dealkylation sites (tertiary alicyclic amines) is 1. The molecule has 14 nitrogen and oxygen atoms in total. The number of thioether (sulfide) groups is 1. The smallest absolute Gasteiger partial charge is 0.352 e. The number of aliphatic hydroxyl groups is 2. The fourth-order valence-corrected chi connectivity index (χ4v) is 6.20. The van der Waals surface area contributed by atoms with Gasteiger partial charge in [-0.1, -0.05) is 5.16 Å². The van der Waals surface area contributed by atoms with Gasteiger partial charge in [0.15, 0.2) is 5.13 Å². The Balaban J connectivity index is 1.52. The predicted molar refractivity (Wildman–Crippen MR) is 120 cm³/mol. The van der Waals surface area contributed by atoms with E-state index < -0.39 is 41.4 Å². The van der Waals surface area contributed by atoms with E-state index in [0.29, 0.717) is 11.3 Å². The number of rotatable bonds is 7. The number of nitrogens with zero attached hydrogens (tertiary/aromatic N) is 5. The Labute approximate surface area is 201 Å². The molecule has 1 aromatic heterocycles. The Morgan fingerprint density at radius 2 is 2.03 bits per heavy atom. The van der Waals surface area contributed by atoms with Crippen LogP contribution >= 0.6 is 23.3 Å². The average Bonchev–Trinajstić information content (AvgIpc) is 3.30. The maximum absolute atomic E-state index is 12.9. The van der Waals surface area contributed by atoms with Gasteiger partial charge >= 0.3 is 5.97 Å². The normalized spacial score (nSPS) is 28.4. The molecule has 0 aromatic carbocycles. The van der Waals surface area contributed by atoms with Gasteiger partial charge in [-0.2, -0.15) is 9.36 Å². The van der Waals surface area contributed by atoms with Gasteiger partial charge < -0.3 is 35.7 Å². The van der Waals surface area contributed by atoms with Crippen molar-refractivity contribution in [1.29, 1.82) is 0 Å². The number of carbonyl (C=O) groups is 3. The highest BCUT2D eigenvalue weighted by Crippen LogP contribution is 2.41. The Morgan fingerprint density at radius 1 is 1.35 bits per heavy atom. The van der Waals surface area contributed by atoms with Crippen molar-refractivity contribution < 1.29 is 39.0 Å². The molecule has 16 heteroatoms. The number of hydrogen-bond acceptors (Lipinski definition) is 12. The molecule has 3 aliphatic heterocycles. The second-order valence-electron chi connectivity index (χ2n) is 8.47. The molecule has 184 valence electrons. The van der Waals surface area contributed by atoms with E-state index >= 15 is 0 Å². The number of hydrogen-bond donors (Lipinski definition) is 5. The Kier molecular flexibility index (Phi) is 6.52. The van der Waals surface area contributed by atoms with Crippen molar-refractivity contribution in [3.8, 4) is 0 Å². The molecule has 0 radical (unpaired) electrons. The number of carboxylic acids is 1. The van der Waals surface area contributed by atoms with E-state index in [0.717, 1.165) is 16.4 Å². The van der Waals surface area contributed by atoms with E-state index in [9.17, 15) is 29.7 Å². The second-order valence-corrected chi connectivity index (χ2v) is 10.4. The molecule has 6 N–H and O–H groups in total. The second kappa shape index (κ2) is 9.10. The predicted octanol–water partition coefficient (Wildman–Crippen LogP) is -2.61. The van der Waals surface area contributed by atoms with Crippen LogP contribution < -0.4 is 11.1 Å². The minimum Gasteiger partial charge on any atom is -0.477 e. The van der Waals surface area contributed by atoms with Gasteiger partial charge in [0, 0.05) is 22.9 Å². The van der Waals surface area contributed by atoms with Gasteiger partial charge in [-0.15, -0.1) is 11.8 Å². The first-order chi connectivity index (χ1) is 16.0. The van der Waals surface area contributed by atoms with Crippen molar-refractivity contribution in [2.75, 3.05) is 45.3 Å². The first kappa shape index (κ1) is 24.3. The lowest BCUT2D eigenvalue weighted by Crippen LogP contribution is -2.71. The van der Waals surface area contributed by atoms with Gasteiger partial charge in [0.1, 0.15) is 56.1 Å². The summed E-state index contributed by atoms with van der Waals surface area (Å²) in [7, 11) is 3.06. The van der Waals surface area contributed by atoms with E-state index in [-0.39, 0.29) is 46.5 Å². The number of oxime groups is 1. The lowest BCUT2D eigenvalue weighted by atomic mass is 10.0. The number of carbonyl (C=O) groups excluding carboxylic acids is 2. The number of aliphatic hydroxyl groups excluding tert-OH is 2. The fourth-order valence-electron chi connectivity index (χ4n) is 4.43. The summed E-state index contributed by atoms with van der Waals surface area (Å²) in [5.41, 5.74) is 5.70. The maximum Gasteiger partial charge on any atom is 0.352 e. The van der Waals surface area contributed by atoms with Crippen molar-refractivity contribution in [2.24, 2.45) is 5.16 Å². The molecular weight excluding hydrogens is 490 g/mol. The van der Waals surface area contributed by atoms with E-state index in [1.165, 1.54) is 18.9 Å². The van der Waals surface area contributed by atoms with E-state index in [1.807, 2.05) is 7.05 Å². The fraction of sp³-hybridized carbons (Fsp3) is 0.556. The van der Waals surface area contributed by atoms with E-state index in [2.05, 4.69) is 19.8 Å². The molecule has 0 bridgehead atoms. The number of anilines is 1. The number of fused-ring (bicyclic) bond motifs is 1. The Morgan fingerprint density at radius 3 is 2.59 bits per heavy atom. The lowest BCUT2D eigenvalue weighted by Gasteiger charge is -2.49. The Hall–Kier alpha value is -2.79. The van der Waals surface area contributed by atoms with Crippen molar-refractivity contribution in [1.82, 2.24) is 19.6 Å². The first-order valence-electron chi connectivity index (χ1n) is 10.2. The monoisotopic (exact) mass is 514 g/mol. The zero-order valence-electron chi connectivity index (χ0n) is 18.2. The molecular formula is C18H24N7O7S2+. The number of nitrogens with two attached hydrogens (primary N) is 1. The zero-order chi connectivity index (χ0) is 24.8. The SMILES string of the molecule is CON=C(C(=O)NC1C(=O)N2C(C(=O)O)=C(C[N+]3(C)C[C@H](O)[C@@H](O)C3)CS[C@@H]12)c1nsc(N)n1. The summed E-state index contributed by atoms with van der Waals surface area (Å²) in [6.45, 7) is 0.808. The van der Waals surface area contributed by atoms with Crippen LogP contribution in [0, 0.1) is 0 Å². The zero-order valence-corrected chi connectivity index (χ0v) is 19.9. The summed E-state index contributed by atoms with van der Waals surface area (Å²) in [6.07, 6.45) is -1.78. The van der Waals surface area contributed by atoms with Crippen LogP contribution in [0.15, 0.2) is 16.4 Å². The molecule has 4 atom stereocenters. The highest BCUT2D eigenvalue weighted by molar-refractivity contribution is 8.00. The minimum atomic E-state index is -1.26.